The average Bonchev–Trinajstić information content (AvgIpc) is 2.61. The molecular weight excluding hydrogens is 616 g/mol. The van der Waals surface area contributed by atoms with Gasteiger partial charge in [-0.25, -0.2) is 8.78 Å². The molecule has 0 spiro atoms. The third-order valence-corrected chi connectivity index (χ3v) is 4.91. The average molecular weight is 626 g/mol. The van der Waals surface area contributed by atoms with E-state index in [1.807, 2.05) is 0 Å². The molecule has 0 aliphatic rings. The summed E-state index contributed by atoms with van der Waals surface area (Å²) in [4.78, 5) is 22.8. The van der Waals surface area contributed by atoms with Crippen molar-refractivity contribution in [3.8, 4) is 0 Å². The molecule has 0 rings (SSSR count). The highest BCUT2D eigenvalue weighted by Gasteiger charge is 2.69. The molecule has 24 heteroatoms. The van der Waals surface area contributed by atoms with Gasteiger partial charge in [-0.2, -0.15) is 69.9 Å². The molecule has 0 heterocycles. The predicted molar refractivity (Wildman–Crippen MR) is 83.1 cm³/mol. The summed E-state index contributed by atoms with van der Waals surface area (Å²) in [7, 11) is -6.44. The monoisotopic (exact) mass is 626 g/mol. The van der Waals surface area contributed by atoms with Gasteiger partial charge in [0.15, 0.2) is 17.6 Å². The molecule has 226 valence electrons. The summed E-state index contributed by atoms with van der Waals surface area (Å²) >= 11 is 0. The molecule has 0 bridgehead atoms. The van der Waals surface area contributed by atoms with Crippen molar-refractivity contribution < 1.29 is 102 Å². The highest BCUT2D eigenvalue weighted by Crippen LogP contribution is 2.45. The Labute approximate surface area is 198 Å². The van der Waals surface area contributed by atoms with Crippen molar-refractivity contribution >= 4 is 22.1 Å². The zero-order valence-corrected chi connectivity index (χ0v) is 18.0. The molecule has 0 saturated carbocycles. The summed E-state index contributed by atoms with van der Waals surface area (Å²) in [6.45, 7) is 0. The number of hydrogen-bond acceptors (Lipinski definition) is 6. The molecule has 0 aromatic rings. The van der Waals surface area contributed by atoms with Gasteiger partial charge in [-0.05, 0) is 0 Å². The second-order valence-electron chi connectivity index (χ2n) is 6.96. The maximum Gasteiger partial charge on any atom is 0.469 e. The summed E-state index contributed by atoms with van der Waals surface area (Å²) in [6.07, 6.45) is -44.1. The van der Waals surface area contributed by atoms with E-state index < -0.39 is 95.3 Å². The van der Waals surface area contributed by atoms with Gasteiger partial charge in [0.2, 0.25) is 0 Å². The Morgan fingerprint density at radius 2 is 0.974 bits per heavy atom. The maximum atomic E-state index is 13.5. The molecule has 38 heavy (non-hydrogen) atoms. The zero-order valence-electron chi connectivity index (χ0n) is 17.2. The molecule has 0 radical (unpaired) electrons. The van der Waals surface area contributed by atoms with E-state index in [1.165, 1.54) is 0 Å². The third kappa shape index (κ3) is 9.48. The first-order chi connectivity index (χ1) is 16.4. The fourth-order valence-corrected chi connectivity index (χ4v) is 2.64. The lowest BCUT2D eigenvalue weighted by Gasteiger charge is -2.29. The number of alkyl halides is 16. The first kappa shape index (κ1) is 35.7. The van der Waals surface area contributed by atoms with Crippen molar-refractivity contribution in [1.29, 1.82) is 0 Å². The summed E-state index contributed by atoms with van der Waals surface area (Å²) in [6, 6.07) is 0. The maximum absolute atomic E-state index is 13.5. The van der Waals surface area contributed by atoms with Gasteiger partial charge < -0.3 is 9.47 Å². The second kappa shape index (κ2) is 11.1. The number of esters is 2. The number of carbonyl (C=O) groups is 2. The summed E-state index contributed by atoms with van der Waals surface area (Å²) in [5.74, 6) is -19.9. The van der Waals surface area contributed by atoms with Gasteiger partial charge in [-0.3, -0.25) is 14.1 Å². The van der Waals surface area contributed by atoms with Crippen LogP contribution in [0, 0.1) is 0 Å². The number of ether oxygens (including phenoxy) is 2. The van der Waals surface area contributed by atoms with Crippen molar-refractivity contribution in [3.05, 3.63) is 0 Å². The van der Waals surface area contributed by atoms with Gasteiger partial charge in [0, 0.05) is 0 Å². The van der Waals surface area contributed by atoms with Crippen molar-refractivity contribution in [3.63, 3.8) is 0 Å². The molecule has 0 aliphatic carbocycles. The molecule has 0 amide bonds. The molecule has 0 aromatic heterocycles. The molecule has 0 saturated heterocycles. The third-order valence-electron chi connectivity index (χ3n) is 3.83. The minimum Gasteiger partial charge on any atom is -0.396 e. The minimum atomic E-state index is -6.71. The molecule has 3 atom stereocenters. The van der Waals surface area contributed by atoms with Crippen LogP contribution in [-0.2, 0) is 29.2 Å². The lowest BCUT2D eigenvalue weighted by molar-refractivity contribution is -0.353. The van der Waals surface area contributed by atoms with Gasteiger partial charge in [-0.1, -0.05) is 0 Å². The molecule has 7 nitrogen and oxygen atoms in total. The fourth-order valence-electron chi connectivity index (χ4n) is 2.00. The minimum absolute atomic E-state index is 2.52. The molecule has 0 aromatic carbocycles. The van der Waals surface area contributed by atoms with E-state index in [-0.39, 0.29) is 0 Å². The van der Waals surface area contributed by atoms with Crippen molar-refractivity contribution in [2.45, 2.75) is 73.3 Å². The number of hydrogen-bond donors (Lipinski definition) is 1. The van der Waals surface area contributed by atoms with Gasteiger partial charge in [-0.15, -0.1) is 0 Å². The van der Waals surface area contributed by atoms with Crippen LogP contribution in [0.3, 0.4) is 0 Å². The van der Waals surface area contributed by atoms with E-state index in [4.69, 9.17) is 4.55 Å². The van der Waals surface area contributed by atoms with Crippen LogP contribution < -0.4 is 0 Å². The van der Waals surface area contributed by atoms with Gasteiger partial charge in [0.25, 0.3) is 10.1 Å². The normalized spacial score (nSPS) is 17.0. The van der Waals surface area contributed by atoms with Gasteiger partial charge in [0.05, 0.1) is 19.3 Å². The van der Waals surface area contributed by atoms with Crippen molar-refractivity contribution in [1.82, 2.24) is 0 Å². The zero-order chi connectivity index (χ0) is 30.9. The van der Waals surface area contributed by atoms with E-state index in [1.54, 1.807) is 0 Å². The molecule has 0 aliphatic heterocycles. The van der Waals surface area contributed by atoms with Crippen LogP contribution in [0.4, 0.5) is 70.2 Å². The van der Waals surface area contributed by atoms with Crippen LogP contribution in [0.25, 0.3) is 0 Å². The van der Waals surface area contributed by atoms with Gasteiger partial charge >= 0.3 is 48.4 Å². The number of rotatable bonds is 12. The molecule has 3 unspecified atom stereocenters. The summed E-state index contributed by atoms with van der Waals surface area (Å²) in [5.41, 5.74) is 0. The molecular formula is C14H10F16O7S. The molecule has 0 fully saturated rings. The topological polar surface area (TPSA) is 107 Å². The second-order valence-corrected chi connectivity index (χ2v) is 8.56. The van der Waals surface area contributed by atoms with Crippen LogP contribution in [0.1, 0.15) is 19.3 Å². The number of carbonyl (C=O) groups excluding carboxylic acids is 2. The number of halogens is 16. The first-order valence-corrected chi connectivity index (χ1v) is 10.2. The first-order valence-electron chi connectivity index (χ1n) is 8.71. The molecule has 1 N–H and O–H groups in total. The lowest BCUT2D eigenvalue weighted by atomic mass is 10.1. The van der Waals surface area contributed by atoms with Crippen LogP contribution in [-0.4, -0.2) is 78.9 Å². The highest BCUT2D eigenvalue weighted by atomic mass is 32.2. The highest BCUT2D eigenvalue weighted by molar-refractivity contribution is 7.87. The Kier molecular flexibility index (Phi) is 10.4. The van der Waals surface area contributed by atoms with Crippen molar-refractivity contribution in [2.75, 3.05) is 0 Å². The summed E-state index contributed by atoms with van der Waals surface area (Å²) < 4.78 is 241. The quantitative estimate of drug-likeness (QED) is 0.189. The van der Waals surface area contributed by atoms with Crippen LogP contribution in [0.5, 0.6) is 0 Å². The fraction of sp³-hybridized carbons (Fsp3) is 0.857. The van der Waals surface area contributed by atoms with Gasteiger partial charge in [0.1, 0.15) is 0 Å². The Hall–Kier alpha value is -2.27. The van der Waals surface area contributed by atoms with E-state index in [0.29, 0.717) is 0 Å². The SMILES string of the molecule is O=C(CC(C(=O)OC(F)(F)C(F)(F)C(F)CC(F)(F)F)S(=O)(=O)O)OC(F)(F)C(F)(F)C(F)CC(F)(F)F. The summed E-state index contributed by atoms with van der Waals surface area (Å²) in [5, 5.41) is -4.09. The Morgan fingerprint density at radius 1 is 0.658 bits per heavy atom. The van der Waals surface area contributed by atoms with E-state index in [9.17, 15) is 88.3 Å². The van der Waals surface area contributed by atoms with E-state index >= 15 is 0 Å². The van der Waals surface area contributed by atoms with Crippen molar-refractivity contribution in [2.24, 2.45) is 0 Å². The largest absolute Gasteiger partial charge is 0.469 e. The standard InChI is InChI=1S/C14H10F16O7S/c15-5(2-9(17,18)19)11(23,24)13(27,28)36-7(31)1-4(38(33,34)35)8(32)37-14(29,30)12(25,26)6(16)3-10(20,21)22/h4-6H,1-3H2,(H,33,34,35). The van der Waals surface area contributed by atoms with E-state index in [2.05, 4.69) is 9.47 Å². The Bertz CT molecular complexity index is 959. The Morgan fingerprint density at radius 3 is 1.26 bits per heavy atom. The smallest absolute Gasteiger partial charge is 0.396 e. The van der Waals surface area contributed by atoms with Crippen LogP contribution in [0.2, 0.25) is 0 Å². The van der Waals surface area contributed by atoms with Crippen LogP contribution >= 0.6 is 0 Å². The van der Waals surface area contributed by atoms with Crippen LogP contribution in [0.15, 0.2) is 0 Å². The van der Waals surface area contributed by atoms with E-state index in [0.717, 1.165) is 0 Å². The lowest BCUT2D eigenvalue weighted by Crippen LogP contribution is -2.54. The predicted octanol–water partition coefficient (Wildman–Crippen LogP) is 4.76. The Balaban J connectivity index is 5.85.